The average molecular weight is 411 g/mol. The molecule has 0 atom stereocenters. The third kappa shape index (κ3) is 5.52. The lowest BCUT2D eigenvalue weighted by molar-refractivity contribution is 0.0926. The van der Waals surface area contributed by atoms with E-state index in [-0.39, 0.29) is 40.4 Å². The topological polar surface area (TPSA) is 76.7 Å². The molecule has 0 heterocycles. The molecule has 0 aliphatic heterocycles. The van der Waals surface area contributed by atoms with Crippen LogP contribution in [-0.2, 0) is 0 Å². The highest BCUT2D eigenvalue weighted by atomic mass is 35.5. The third-order valence-corrected chi connectivity index (χ3v) is 4.23. The van der Waals surface area contributed by atoms with Crippen molar-refractivity contribution in [3.8, 4) is 11.5 Å². The Morgan fingerprint density at radius 3 is 2.11 bits per heavy atom. The predicted octanol–water partition coefficient (Wildman–Crippen LogP) is 3.56. The van der Waals surface area contributed by atoms with Gasteiger partial charge in [0.05, 0.1) is 23.8 Å². The zero-order valence-electron chi connectivity index (χ0n) is 15.0. The van der Waals surface area contributed by atoms with Gasteiger partial charge in [0.1, 0.15) is 11.3 Å². The summed E-state index contributed by atoms with van der Waals surface area (Å²) in [6.07, 6.45) is 0. The maximum atomic E-state index is 12.4. The van der Waals surface area contributed by atoms with E-state index < -0.39 is 5.91 Å². The average Bonchev–Trinajstić information content (AvgIpc) is 2.67. The van der Waals surface area contributed by atoms with Gasteiger partial charge >= 0.3 is 0 Å². The zero-order chi connectivity index (χ0) is 19.8. The summed E-state index contributed by atoms with van der Waals surface area (Å²) in [4.78, 5) is 24.5. The third-order valence-electron chi connectivity index (χ3n) is 3.61. The van der Waals surface area contributed by atoms with Gasteiger partial charge in [-0.15, -0.1) is 0 Å². The van der Waals surface area contributed by atoms with Crippen LogP contribution in [0.5, 0.6) is 11.5 Å². The zero-order valence-corrected chi connectivity index (χ0v) is 16.5. The summed E-state index contributed by atoms with van der Waals surface area (Å²) in [6, 6.07) is 9.89. The molecule has 6 nitrogen and oxygen atoms in total. The van der Waals surface area contributed by atoms with Gasteiger partial charge in [-0.2, -0.15) is 0 Å². The van der Waals surface area contributed by atoms with E-state index >= 15 is 0 Å². The van der Waals surface area contributed by atoms with Gasteiger partial charge in [-0.3, -0.25) is 9.59 Å². The minimum absolute atomic E-state index is 0.157. The molecule has 2 N–H and O–H groups in total. The van der Waals surface area contributed by atoms with E-state index in [4.69, 9.17) is 32.7 Å². The van der Waals surface area contributed by atoms with Gasteiger partial charge in [-0.05, 0) is 43.3 Å². The minimum atomic E-state index is -0.435. The molecule has 27 heavy (non-hydrogen) atoms. The number of ether oxygens (including phenoxy) is 2. The lowest BCUT2D eigenvalue weighted by atomic mass is 10.2. The molecule has 8 heteroatoms. The molecule has 2 amide bonds. The van der Waals surface area contributed by atoms with Crippen molar-refractivity contribution < 1.29 is 19.1 Å². The van der Waals surface area contributed by atoms with E-state index in [1.165, 1.54) is 13.2 Å². The van der Waals surface area contributed by atoms with E-state index in [1.54, 1.807) is 30.3 Å². The SMILES string of the molecule is CCOc1ccc(C(=O)NCCNC(=O)c2c(Cl)ccc(Cl)c2OC)cc1. The Balaban J connectivity index is 1.87. The van der Waals surface area contributed by atoms with Gasteiger partial charge in [0.2, 0.25) is 0 Å². The standard InChI is InChI=1S/C19H20Cl2N2O4/c1-3-27-13-6-4-12(5-7-13)18(24)22-10-11-23-19(25)16-14(20)8-9-15(21)17(16)26-2/h4-9H,3,10-11H2,1-2H3,(H,22,24)(H,23,25). The normalized spacial score (nSPS) is 10.2. The molecule has 2 aromatic rings. The van der Waals surface area contributed by atoms with Crippen molar-refractivity contribution in [1.29, 1.82) is 0 Å². The molecule has 0 fully saturated rings. The number of hydrogen-bond acceptors (Lipinski definition) is 4. The molecule has 0 spiro atoms. The summed E-state index contributed by atoms with van der Waals surface area (Å²) >= 11 is 12.1. The summed E-state index contributed by atoms with van der Waals surface area (Å²) in [6.45, 7) is 2.92. The van der Waals surface area contributed by atoms with Crippen molar-refractivity contribution in [2.24, 2.45) is 0 Å². The fourth-order valence-corrected chi connectivity index (χ4v) is 2.83. The first-order chi connectivity index (χ1) is 13.0. The lowest BCUT2D eigenvalue weighted by Crippen LogP contribution is -2.35. The molecular weight excluding hydrogens is 391 g/mol. The first kappa shape index (κ1) is 20.9. The number of amides is 2. The van der Waals surface area contributed by atoms with E-state index in [0.29, 0.717) is 17.9 Å². The number of methoxy groups -OCH3 is 1. The highest BCUT2D eigenvalue weighted by Crippen LogP contribution is 2.33. The van der Waals surface area contributed by atoms with Crippen molar-refractivity contribution in [3.05, 3.63) is 57.6 Å². The monoisotopic (exact) mass is 410 g/mol. The van der Waals surface area contributed by atoms with Crippen LogP contribution in [0.25, 0.3) is 0 Å². The number of hydrogen-bond donors (Lipinski definition) is 2. The van der Waals surface area contributed by atoms with E-state index in [9.17, 15) is 9.59 Å². The largest absolute Gasteiger partial charge is 0.494 e. The second-order valence-electron chi connectivity index (χ2n) is 5.41. The number of halogens is 2. The number of benzene rings is 2. The second kappa shape index (κ2) is 10.0. The molecule has 0 saturated heterocycles. The van der Waals surface area contributed by atoms with Crippen molar-refractivity contribution in [3.63, 3.8) is 0 Å². The Morgan fingerprint density at radius 1 is 0.926 bits per heavy atom. The highest BCUT2D eigenvalue weighted by molar-refractivity contribution is 6.37. The molecule has 2 rings (SSSR count). The Labute approximate surface area is 167 Å². The first-order valence-corrected chi connectivity index (χ1v) is 9.04. The summed E-state index contributed by atoms with van der Waals surface area (Å²) in [5, 5.41) is 5.92. The van der Waals surface area contributed by atoms with Gasteiger partial charge in [0.15, 0.2) is 5.75 Å². The van der Waals surface area contributed by atoms with Gasteiger partial charge in [-0.25, -0.2) is 0 Å². The summed E-state index contributed by atoms with van der Waals surface area (Å²) in [5.74, 6) is 0.231. The molecular formula is C19H20Cl2N2O4. The van der Waals surface area contributed by atoms with Crippen LogP contribution >= 0.6 is 23.2 Å². The smallest absolute Gasteiger partial charge is 0.256 e. The maximum absolute atomic E-state index is 12.4. The summed E-state index contributed by atoms with van der Waals surface area (Å²) in [5.41, 5.74) is 0.661. The molecule has 0 aliphatic rings. The fourth-order valence-electron chi connectivity index (χ4n) is 2.36. The Morgan fingerprint density at radius 2 is 1.52 bits per heavy atom. The van der Waals surface area contributed by atoms with Gasteiger partial charge in [0.25, 0.3) is 11.8 Å². The lowest BCUT2D eigenvalue weighted by Gasteiger charge is -2.12. The fraction of sp³-hybridized carbons (Fsp3) is 0.263. The van der Waals surface area contributed by atoms with Crippen LogP contribution in [0.1, 0.15) is 27.6 Å². The number of carbonyl (C=O) groups excluding carboxylic acids is 2. The number of nitrogens with one attached hydrogen (secondary N) is 2. The van der Waals surface area contributed by atoms with Crippen molar-refractivity contribution in [2.75, 3.05) is 26.8 Å². The minimum Gasteiger partial charge on any atom is -0.494 e. The molecule has 0 aliphatic carbocycles. The van der Waals surface area contributed by atoms with Crippen molar-refractivity contribution in [2.45, 2.75) is 6.92 Å². The van der Waals surface area contributed by atoms with Crippen LogP contribution in [0, 0.1) is 0 Å². The van der Waals surface area contributed by atoms with Crippen LogP contribution in [-0.4, -0.2) is 38.6 Å². The van der Waals surface area contributed by atoms with Crippen LogP contribution in [0.4, 0.5) is 0 Å². The molecule has 144 valence electrons. The molecule has 0 saturated carbocycles. The van der Waals surface area contributed by atoms with Crippen molar-refractivity contribution >= 4 is 35.0 Å². The molecule has 0 bridgehead atoms. The van der Waals surface area contributed by atoms with E-state index in [1.807, 2.05) is 6.92 Å². The Kier molecular flexibility index (Phi) is 7.76. The number of carbonyl (C=O) groups is 2. The Hall–Kier alpha value is -2.44. The predicted molar refractivity (Wildman–Crippen MR) is 105 cm³/mol. The second-order valence-corrected chi connectivity index (χ2v) is 6.22. The van der Waals surface area contributed by atoms with Crippen LogP contribution in [0.15, 0.2) is 36.4 Å². The van der Waals surface area contributed by atoms with Crippen LogP contribution in [0.2, 0.25) is 10.0 Å². The molecule has 2 aromatic carbocycles. The quantitative estimate of drug-likeness (QED) is 0.652. The molecule has 0 unspecified atom stereocenters. The summed E-state index contributed by atoms with van der Waals surface area (Å²) in [7, 11) is 1.41. The maximum Gasteiger partial charge on any atom is 0.256 e. The number of rotatable bonds is 8. The van der Waals surface area contributed by atoms with Gasteiger partial charge in [-0.1, -0.05) is 23.2 Å². The van der Waals surface area contributed by atoms with Gasteiger partial charge < -0.3 is 20.1 Å². The van der Waals surface area contributed by atoms with Crippen LogP contribution < -0.4 is 20.1 Å². The first-order valence-electron chi connectivity index (χ1n) is 8.29. The van der Waals surface area contributed by atoms with Crippen molar-refractivity contribution in [1.82, 2.24) is 10.6 Å². The van der Waals surface area contributed by atoms with E-state index in [0.717, 1.165) is 0 Å². The van der Waals surface area contributed by atoms with Gasteiger partial charge in [0, 0.05) is 18.7 Å². The Bertz CT molecular complexity index is 810. The molecule has 0 radical (unpaired) electrons. The van der Waals surface area contributed by atoms with Crippen LogP contribution in [0.3, 0.4) is 0 Å². The summed E-state index contributed by atoms with van der Waals surface area (Å²) < 4.78 is 10.5. The molecule has 0 aromatic heterocycles. The highest BCUT2D eigenvalue weighted by Gasteiger charge is 2.19. The van der Waals surface area contributed by atoms with E-state index in [2.05, 4.69) is 10.6 Å².